The molecule has 0 saturated heterocycles. The molecular formula is C22H32O2. The fraction of sp³-hybridized carbons (Fsp3) is 0.636. The van der Waals surface area contributed by atoms with Gasteiger partial charge in [0.05, 0.1) is 7.11 Å². The lowest BCUT2D eigenvalue weighted by Gasteiger charge is -2.47. The summed E-state index contributed by atoms with van der Waals surface area (Å²) in [5, 5.41) is 0. The lowest BCUT2D eigenvalue weighted by Crippen LogP contribution is -2.45. The summed E-state index contributed by atoms with van der Waals surface area (Å²) in [6.45, 7) is 13.6. The van der Waals surface area contributed by atoms with Crippen molar-refractivity contribution in [3.8, 4) is 11.5 Å². The van der Waals surface area contributed by atoms with Gasteiger partial charge in [-0.1, -0.05) is 32.4 Å². The highest BCUT2D eigenvalue weighted by Crippen LogP contribution is 2.55. The topological polar surface area (TPSA) is 18.5 Å². The lowest BCUT2D eigenvalue weighted by atomic mass is 9.66. The highest BCUT2D eigenvalue weighted by atomic mass is 16.5. The number of fused-ring (bicyclic) bond motifs is 3. The first-order chi connectivity index (χ1) is 11.2. The van der Waals surface area contributed by atoms with E-state index in [1.807, 2.05) is 0 Å². The average molecular weight is 328 g/mol. The summed E-state index contributed by atoms with van der Waals surface area (Å²) in [6, 6.07) is 4.52. The van der Waals surface area contributed by atoms with Crippen LogP contribution in [0, 0.1) is 5.92 Å². The van der Waals surface area contributed by atoms with Crippen molar-refractivity contribution in [2.45, 2.75) is 77.7 Å². The fourth-order valence-corrected chi connectivity index (χ4v) is 4.31. The molecule has 0 bridgehead atoms. The van der Waals surface area contributed by atoms with Crippen LogP contribution in [0.4, 0.5) is 0 Å². The van der Waals surface area contributed by atoms with Gasteiger partial charge in [0.25, 0.3) is 0 Å². The SMILES string of the molecule is CCC(C)(C)c1cc(OC)c2c(c1)OC(C)(C)C1CC=C(C)CC21. The van der Waals surface area contributed by atoms with Crippen molar-refractivity contribution in [1.82, 2.24) is 0 Å². The van der Waals surface area contributed by atoms with Gasteiger partial charge < -0.3 is 9.47 Å². The highest BCUT2D eigenvalue weighted by molar-refractivity contribution is 5.54. The van der Waals surface area contributed by atoms with Crippen molar-refractivity contribution >= 4 is 0 Å². The molecule has 0 fully saturated rings. The van der Waals surface area contributed by atoms with E-state index in [1.165, 1.54) is 16.7 Å². The van der Waals surface area contributed by atoms with Crippen LogP contribution >= 0.6 is 0 Å². The molecular weight excluding hydrogens is 296 g/mol. The molecule has 2 atom stereocenters. The lowest BCUT2D eigenvalue weighted by molar-refractivity contribution is 0.00738. The first kappa shape index (κ1) is 17.4. The minimum atomic E-state index is -0.144. The van der Waals surface area contributed by atoms with E-state index in [2.05, 4.69) is 59.8 Å². The zero-order valence-corrected chi connectivity index (χ0v) is 16.3. The number of methoxy groups -OCH3 is 1. The maximum absolute atomic E-state index is 6.54. The molecule has 1 aromatic rings. The predicted molar refractivity (Wildman–Crippen MR) is 100 cm³/mol. The minimum Gasteiger partial charge on any atom is -0.496 e. The van der Waals surface area contributed by atoms with E-state index >= 15 is 0 Å². The number of hydrogen-bond acceptors (Lipinski definition) is 2. The van der Waals surface area contributed by atoms with Crippen LogP contribution < -0.4 is 9.47 Å². The van der Waals surface area contributed by atoms with E-state index < -0.39 is 0 Å². The first-order valence-electron chi connectivity index (χ1n) is 9.26. The second-order valence-electron chi connectivity index (χ2n) is 8.74. The van der Waals surface area contributed by atoms with Gasteiger partial charge in [-0.2, -0.15) is 0 Å². The maximum Gasteiger partial charge on any atom is 0.127 e. The molecule has 2 heteroatoms. The zero-order valence-electron chi connectivity index (χ0n) is 16.3. The molecule has 0 amide bonds. The smallest absolute Gasteiger partial charge is 0.127 e. The Morgan fingerprint density at radius 2 is 2.00 bits per heavy atom. The minimum absolute atomic E-state index is 0.120. The summed E-state index contributed by atoms with van der Waals surface area (Å²) in [5.41, 5.74) is 4.05. The molecule has 2 unspecified atom stereocenters. The van der Waals surface area contributed by atoms with Crippen molar-refractivity contribution in [3.63, 3.8) is 0 Å². The number of ether oxygens (including phenoxy) is 2. The molecule has 1 aliphatic carbocycles. The van der Waals surface area contributed by atoms with Crippen LogP contribution in [0.2, 0.25) is 0 Å². The highest BCUT2D eigenvalue weighted by Gasteiger charge is 2.46. The Hall–Kier alpha value is -1.44. The van der Waals surface area contributed by atoms with Crippen LogP contribution in [-0.4, -0.2) is 12.7 Å². The Labute approximate surface area is 147 Å². The van der Waals surface area contributed by atoms with Crippen LogP contribution in [0.5, 0.6) is 11.5 Å². The van der Waals surface area contributed by atoms with E-state index in [-0.39, 0.29) is 11.0 Å². The van der Waals surface area contributed by atoms with E-state index in [0.29, 0.717) is 11.8 Å². The molecule has 1 heterocycles. The van der Waals surface area contributed by atoms with Crippen LogP contribution in [0.1, 0.15) is 77.8 Å². The molecule has 0 radical (unpaired) electrons. The number of allylic oxidation sites excluding steroid dienone is 2. The van der Waals surface area contributed by atoms with Crippen molar-refractivity contribution in [2.24, 2.45) is 5.92 Å². The van der Waals surface area contributed by atoms with Gasteiger partial charge in [0, 0.05) is 17.4 Å². The van der Waals surface area contributed by atoms with Crippen LogP contribution in [0.15, 0.2) is 23.8 Å². The summed E-state index contributed by atoms with van der Waals surface area (Å²) in [6.07, 6.45) is 5.68. The Morgan fingerprint density at radius 3 is 2.62 bits per heavy atom. The van der Waals surface area contributed by atoms with Gasteiger partial charge in [-0.3, -0.25) is 0 Å². The van der Waals surface area contributed by atoms with Gasteiger partial charge in [-0.25, -0.2) is 0 Å². The summed E-state index contributed by atoms with van der Waals surface area (Å²) >= 11 is 0. The van der Waals surface area contributed by atoms with Gasteiger partial charge in [0.15, 0.2) is 0 Å². The molecule has 0 N–H and O–H groups in total. The maximum atomic E-state index is 6.54. The predicted octanol–water partition coefficient (Wildman–Crippen LogP) is 5.99. The molecule has 132 valence electrons. The molecule has 1 aliphatic heterocycles. The molecule has 24 heavy (non-hydrogen) atoms. The number of benzene rings is 1. The molecule has 3 rings (SSSR count). The summed E-state index contributed by atoms with van der Waals surface area (Å²) in [7, 11) is 1.79. The van der Waals surface area contributed by atoms with Crippen molar-refractivity contribution in [3.05, 3.63) is 34.9 Å². The van der Waals surface area contributed by atoms with Crippen LogP contribution in [-0.2, 0) is 5.41 Å². The summed E-state index contributed by atoms with van der Waals surface area (Å²) in [5.74, 6) is 3.03. The Morgan fingerprint density at radius 1 is 1.29 bits per heavy atom. The third kappa shape index (κ3) is 2.74. The molecule has 2 nitrogen and oxygen atoms in total. The third-order valence-electron chi connectivity index (χ3n) is 6.37. The average Bonchev–Trinajstić information content (AvgIpc) is 2.52. The number of hydrogen-bond donors (Lipinski definition) is 0. The molecule has 1 aromatic carbocycles. The molecule has 2 aliphatic rings. The van der Waals surface area contributed by atoms with Crippen LogP contribution in [0.3, 0.4) is 0 Å². The van der Waals surface area contributed by atoms with Crippen LogP contribution in [0.25, 0.3) is 0 Å². The van der Waals surface area contributed by atoms with Gasteiger partial charge in [0.2, 0.25) is 0 Å². The summed E-state index contributed by atoms with van der Waals surface area (Å²) in [4.78, 5) is 0. The van der Waals surface area contributed by atoms with Crippen molar-refractivity contribution < 1.29 is 9.47 Å². The molecule has 0 spiro atoms. The normalized spacial score (nSPS) is 25.2. The van der Waals surface area contributed by atoms with Gasteiger partial charge in [-0.15, -0.1) is 0 Å². The molecule has 0 saturated carbocycles. The van der Waals surface area contributed by atoms with Crippen molar-refractivity contribution in [2.75, 3.05) is 7.11 Å². The standard InChI is InChI=1S/C22H32O2/c1-8-21(3,4)15-12-18(23-7)20-16-11-14(2)9-10-17(16)22(5,6)24-19(20)13-15/h9,12-13,16-17H,8,10-11H2,1-7H3. The quantitative estimate of drug-likeness (QED) is 0.634. The largest absolute Gasteiger partial charge is 0.496 e. The van der Waals surface area contributed by atoms with Gasteiger partial charge >= 0.3 is 0 Å². The van der Waals surface area contributed by atoms with Gasteiger partial charge in [-0.05, 0) is 63.1 Å². The third-order valence-corrected chi connectivity index (χ3v) is 6.37. The first-order valence-corrected chi connectivity index (χ1v) is 9.26. The fourth-order valence-electron chi connectivity index (χ4n) is 4.31. The zero-order chi connectivity index (χ0) is 17.7. The van der Waals surface area contributed by atoms with Crippen molar-refractivity contribution in [1.29, 1.82) is 0 Å². The number of rotatable bonds is 3. The Bertz CT molecular complexity index is 667. The van der Waals surface area contributed by atoms with E-state index in [1.54, 1.807) is 7.11 Å². The van der Waals surface area contributed by atoms with E-state index in [9.17, 15) is 0 Å². The van der Waals surface area contributed by atoms with E-state index in [4.69, 9.17) is 9.47 Å². The molecule has 0 aromatic heterocycles. The second-order valence-corrected chi connectivity index (χ2v) is 8.74. The summed E-state index contributed by atoms with van der Waals surface area (Å²) < 4.78 is 12.4. The monoisotopic (exact) mass is 328 g/mol. The Balaban J connectivity index is 2.18. The van der Waals surface area contributed by atoms with Gasteiger partial charge in [0.1, 0.15) is 17.1 Å². The second kappa shape index (κ2) is 5.82. The van der Waals surface area contributed by atoms with E-state index in [0.717, 1.165) is 30.8 Å². The Kier molecular flexibility index (Phi) is 4.22.